The molecule has 0 unspecified atom stereocenters. The minimum absolute atomic E-state index is 0.142. The zero-order chi connectivity index (χ0) is 17.7. The van der Waals surface area contributed by atoms with Crippen molar-refractivity contribution >= 4 is 21.6 Å². The third kappa shape index (κ3) is 4.25. The molecule has 2 aromatic rings. The van der Waals surface area contributed by atoms with Gasteiger partial charge in [0.25, 0.3) is 0 Å². The summed E-state index contributed by atoms with van der Waals surface area (Å²) in [7, 11) is -3.69. The largest absolute Gasteiger partial charge is 0.464 e. The van der Waals surface area contributed by atoms with Crippen LogP contribution in [0.5, 0.6) is 6.01 Å². The first-order chi connectivity index (χ1) is 11.4. The number of hydrogen-bond donors (Lipinski definition) is 1. The summed E-state index contributed by atoms with van der Waals surface area (Å²) >= 11 is 5.80. The Balaban J connectivity index is 2.21. The van der Waals surface area contributed by atoms with E-state index in [0.29, 0.717) is 30.0 Å². The lowest BCUT2D eigenvalue weighted by Crippen LogP contribution is -2.29. The first-order valence-electron chi connectivity index (χ1n) is 7.72. The second kappa shape index (κ2) is 7.96. The van der Waals surface area contributed by atoms with Gasteiger partial charge in [-0.1, -0.05) is 23.6 Å². The standard InChI is InChI=1S/C15H21ClN4O3S/c1-4-10-23-15-18-17-14(20(15)5-2)11(3)19-24(21,22)13-8-6-12(16)7-9-13/h6-9,11,19H,4-5,10H2,1-3H3/t11-/m1/s1. The van der Waals surface area contributed by atoms with E-state index in [1.165, 1.54) is 24.3 Å². The molecule has 0 saturated carbocycles. The highest BCUT2D eigenvalue weighted by atomic mass is 35.5. The van der Waals surface area contributed by atoms with Crippen molar-refractivity contribution < 1.29 is 13.2 Å². The molecule has 0 bridgehead atoms. The maximum absolute atomic E-state index is 12.5. The minimum Gasteiger partial charge on any atom is -0.464 e. The van der Waals surface area contributed by atoms with Gasteiger partial charge in [-0.3, -0.25) is 4.57 Å². The Labute approximate surface area is 147 Å². The molecule has 132 valence electrons. The maximum Gasteiger partial charge on any atom is 0.316 e. The van der Waals surface area contributed by atoms with Crippen LogP contribution in [-0.2, 0) is 16.6 Å². The average molecular weight is 373 g/mol. The van der Waals surface area contributed by atoms with E-state index < -0.39 is 16.1 Å². The average Bonchev–Trinajstić information content (AvgIpc) is 2.95. The van der Waals surface area contributed by atoms with E-state index in [-0.39, 0.29) is 4.90 Å². The van der Waals surface area contributed by atoms with E-state index in [2.05, 4.69) is 14.9 Å². The molecule has 2 rings (SSSR count). The number of aromatic nitrogens is 3. The van der Waals surface area contributed by atoms with Crippen molar-refractivity contribution in [3.8, 4) is 6.01 Å². The number of rotatable bonds is 8. The van der Waals surface area contributed by atoms with Gasteiger partial charge < -0.3 is 4.74 Å². The molecule has 9 heteroatoms. The Morgan fingerprint density at radius 1 is 1.25 bits per heavy atom. The second-order valence-corrected chi connectivity index (χ2v) is 7.38. The van der Waals surface area contributed by atoms with Gasteiger partial charge in [0.05, 0.1) is 17.5 Å². The molecule has 1 aromatic heterocycles. The van der Waals surface area contributed by atoms with Gasteiger partial charge in [-0.15, -0.1) is 5.10 Å². The number of nitrogens with zero attached hydrogens (tertiary/aromatic N) is 3. The fourth-order valence-electron chi connectivity index (χ4n) is 2.18. The van der Waals surface area contributed by atoms with Gasteiger partial charge in [-0.25, -0.2) is 13.1 Å². The summed E-state index contributed by atoms with van der Waals surface area (Å²) in [4.78, 5) is 0.142. The monoisotopic (exact) mass is 372 g/mol. The van der Waals surface area contributed by atoms with Crippen LogP contribution in [-0.4, -0.2) is 29.8 Å². The molecule has 1 N–H and O–H groups in total. The molecule has 0 aliphatic carbocycles. The summed E-state index contributed by atoms with van der Waals surface area (Å²) in [6.45, 7) is 6.74. The molecule has 1 heterocycles. The number of sulfonamides is 1. The summed E-state index contributed by atoms with van der Waals surface area (Å²) in [5, 5.41) is 8.55. The Hall–Kier alpha value is -1.64. The topological polar surface area (TPSA) is 86.1 Å². The van der Waals surface area contributed by atoms with Crippen LogP contribution in [0.3, 0.4) is 0 Å². The van der Waals surface area contributed by atoms with Crippen molar-refractivity contribution in [2.24, 2.45) is 0 Å². The normalized spacial score (nSPS) is 13.0. The van der Waals surface area contributed by atoms with E-state index in [4.69, 9.17) is 16.3 Å². The molecule has 1 aromatic carbocycles. The molecule has 1 atom stereocenters. The second-order valence-electron chi connectivity index (χ2n) is 5.23. The molecule has 0 aliphatic rings. The zero-order valence-electron chi connectivity index (χ0n) is 13.9. The molecule has 0 fully saturated rings. The molecular formula is C15H21ClN4O3S. The fourth-order valence-corrected chi connectivity index (χ4v) is 3.51. The van der Waals surface area contributed by atoms with Crippen molar-refractivity contribution in [3.05, 3.63) is 35.1 Å². The Bertz CT molecular complexity index is 775. The summed E-state index contributed by atoms with van der Waals surface area (Å²) in [5.74, 6) is 0.501. The first kappa shape index (κ1) is 18.7. The van der Waals surface area contributed by atoms with Crippen LogP contribution in [0.25, 0.3) is 0 Å². The van der Waals surface area contributed by atoms with E-state index in [1.807, 2.05) is 13.8 Å². The number of nitrogens with one attached hydrogen (secondary N) is 1. The lowest BCUT2D eigenvalue weighted by molar-refractivity contribution is 0.276. The van der Waals surface area contributed by atoms with Crippen LogP contribution in [0.4, 0.5) is 0 Å². The Morgan fingerprint density at radius 2 is 1.92 bits per heavy atom. The maximum atomic E-state index is 12.5. The van der Waals surface area contributed by atoms with Crippen LogP contribution < -0.4 is 9.46 Å². The van der Waals surface area contributed by atoms with Crippen LogP contribution in [0, 0.1) is 0 Å². The predicted octanol–water partition coefficient (Wildman–Crippen LogP) is 2.78. The quantitative estimate of drug-likeness (QED) is 0.770. The van der Waals surface area contributed by atoms with Gasteiger partial charge in [0.15, 0.2) is 5.82 Å². The molecule has 0 saturated heterocycles. The Morgan fingerprint density at radius 3 is 2.50 bits per heavy atom. The van der Waals surface area contributed by atoms with Crippen molar-refractivity contribution in [1.29, 1.82) is 0 Å². The minimum atomic E-state index is -3.69. The lowest BCUT2D eigenvalue weighted by atomic mass is 10.3. The van der Waals surface area contributed by atoms with Gasteiger partial charge in [-0.2, -0.15) is 0 Å². The van der Waals surface area contributed by atoms with Gasteiger partial charge in [0.2, 0.25) is 10.0 Å². The molecule has 0 radical (unpaired) electrons. The Kier molecular flexibility index (Phi) is 6.20. The van der Waals surface area contributed by atoms with E-state index in [0.717, 1.165) is 6.42 Å². The fraction of sp³-hybridized carbons (Fsp3) is 0.467. The summed E-state index contributed by atoms with van der Waals surface area (Å²) < 4.78 is 34.8. The van der Waals surface area contributed by atoms with E-state index in [1.54, 1.807) is 11.5 Å². The number of ether oxygens (including phenoxy) is 1. The highest BCUT2D eigenvalue weighted by Crippen LogP contribution is 2.20. The third-order valence-corrected chi connectivity index (χ3v) is 5.15. The lowest BCUT2D eigenvalue weighted by Gasteiger charge is -2.15. The first-order valence-corrected chi connectivity index (χ1v) is 9.59. The van der Waals surface area contributed by atoms with Gasteiger partial charge in [0, 0.05) is 11.6 Å². The summed E-state index contributed by atoms with van der Waals surface area (Å²) in [6.07, 6.45) is 0.852. The summed E-state index contributed by atoms with van der Waals surface area (Å²) in [6, 6.07) is 5.82. The number of halogens is 1. The molecule has 0 amide bonds. The smallest absolute Gasteiger partial charge is 0.316 e. The number of benzene rings is 1. The van der Waals surface area contributed by atoms with Gasteiger partial charge >= 0.3 is 6.01 Å². The SMILES string of the molecule is CCCOc1nnc([C@@H](C)NS(=O)(=O)c2ccc(Cl)cc2)n1CC. The molecule has 24 heavy (non-hydrogen) atoms. The highest BCUT2D eigenvalue weighted by Gasteiger charge is 2.23. The van der Waals surface area contributed by atoms with Crippen molar-refractivity contribution in [2.45, 2.75) is 44.7 Å². The highest BCUT2D eigenvalue weighted by molar-refractivity contribution is 7.89. The molecule has 0 spiro atoms. The van der Waals surface area contributed by atoms with Gasteiger partial charge in [-0.05, 0) is 44.5 Å². The van der Waals surface area contributed by atoms with Gasteiger partial charge in [0.1, 0.15) is 0 Å². The third-order valence-electron chi connectivity index (χ3n) is 3.34. The molecule has 0 aliphatic heterocycles. The van der Waals surface area contributed by atoms with Crippen LogP contribution >= 0.6 is 11.6 Å². The van der Waals surface area contributed by atoms with Crippen molar-refractivity contribution in [1.82, 2.24) is 19.5 Å². The van der Waals surface area contributed by atoms with Crippen LogP contribution in [0.2, 0.25) is 5.02 Å². The zero-order valence-corrected chi connectivity index (χ0v) is 15.4. The molecule has 7 nitrogen and oxygen atoms in total. The van der Waals surface area contributed by atoms with E-state index in [9.17, 15) is 8.42 Å². The van der Waals surface area contributed by atoms with E-state index >= 15 is 0 Å². The van der Waals surface area contributed by atoms with Crippen molar-refractivity contribution in [2.75, 3.05) is 6.61 Å². The molecular weight excluding hydrogens is 352 g/mol. The predicted molar refractivity (Wildman–Crippen MR) is 91.7 cm³/mol. The number of hydrogen-bond acceptors (Lipinski definition) is 5. The van der Waals surface area contributed by atoms with Crippen LogP contribution in [0.15, 0.2) is 29.2 Å². The van der Waals surface area contributed by atoms with Crippen molar-refractivity contribution in [3.63, 3.8) is 0 Å². The summed E-state index contributed by atoms with van der Waals surface area (Å²) in [5.41, 5.74) is 0. The van der Waals surface area contributed by atoms with Crippen LogP contribution in [0.1, 0.15) is 39.1 Å².